The summed E-state index contributed by atoms with van der Waals surface area (Å²) >= 11 is 6.12. The summed E-state index contributed by atoms with van der Waals surface area (Å²) in [6.07, 6.45) is 0. The number of rotatable bonds is 7. The van der Waals surface area contributed by atoms with Gasteiger partial charge in [0.25, 0.3) is 5.56 Å². The van der Waals surface area contributed by atoms with Crippen molar-refractivity contribution in [2.24, 2.45) is 0 Å². The first-order chi connectivity index (χ1) is 13.6. The standard InChI is InChI=1S/C19H23ClN4O4/c1-27-13-15-10-18(26)24(19(22-15)23-6-8-28-9-7-23)12-17(25)21-11-14-4-2-3-5-16(14)20/h2-5,10H,6-9,11-13H2,1H3,(H,21,25). The van der Waals surface area contributed by atoms with Gasteiger partial charge in [0.1, 0.15) is 6.54 Å². The Balaban J connectivity index is 1.78. The fourth-order valence-corrected chi connectivity index (χ4v) is 3.15. The quantitative estimate of drug-likeness (QED) is 0.743. The number of hydrogen-bond acceptors (Lipinski definition) is 6. The van der Waals surface area contributed by atoms with Crippen molar-refractivity contribution >= 4 is 23.5 Å². The summed E-state index contributed by atoms with van der Waals surface area (Å²) in [5, 5.41) is 3.39. The summed E-state index contributed by atoms with van der Waals surface area (Å²) in [7, 11) is 1.55. The Hall–Kier alpha value is -2.42. The number of morpholine rings is 1. The van der Waals surface area contributed by atoms with E-state index >= 15 is 0 Å². The molecule has 2 aromatic rings. The largest absolute Gasteiger partial charge is 0.378 e. The molecule has 1 amide bonds. The number of aromatic nitrogens is 2. The fourth-order valence-electron chi connectivity index (χ4n) is 2.95. The van der Waals surface area contributed by atoms with Crippen molar-refractivity contribution in [3.05, 3.63) is 57.0 Å². The highest BCUT2D eigenvalue weighted by molar-refractivity contribution is 6.31. The van der Waals surface area contributed by atoms with E-state index < -0.39 is 0 Å². The zero-order valence-corrected chi connectivity index (χ0v) is 16.4. The normalized spacial score (nSPS) is 14.1. The molecule has 1 N–H and O–H groups in total. The number of carbonyl (C=O) groups is 1. The van der Waals surface area contributed by atoms with Crippen LogP contribution in [0.25, 0.3) is 0 Å². The molecule has 0 radical (unpaired) electrons. The lowest BCUT2D eigenvalue weighted by Crippen LogP contribution is -2.42. The summed E-state index contributed by atoms with van der Waals surface area (Å²) in [4.78, 5) is 31.6. The average Bonchev–Trinajstić information content (AvgIpc) is 2.70. The van der Waals surface area contributed by atoms with Gasteiger partial charge in [0.05, 0.1) is 25.5 Å². The first-order valence-electron chi connectivity index (χ1n) is 9.01. The number of halogens is 1. The molecule has 0 aliphatic carbocycles. The van der Waals surface area contributed by atoms with E-state index in [1.165, 1.54) is 10.6 Å². The van der Waals surface area contributed by atoms with E-state index in [1.54, 1.807) is 13.2 Å². The predicted octanol–water partition coefficient (Wildman–Crippen LogP) is 1.20. The van der Waals surface area contributed by atoms with E-state index in [4.69, 9.17) is 21.1 Å². The van der Waals surface area contributed by atoms with Crippen LogP contribution in [0.5, 0.6) is 0 Å². The number of hydrogen-bond donors (Lipinski definition) is 1. The SMILES string of the molecule is COCc1cc(=O)n(CC(=O)NCc2ccccc2Cl)c(N2CCOCC2)n1. The predicted molar refractivity (Wildman–Crippen MR) is 106 cm³/mol. The number of anilines is 1. The molecule has 1 saturated heterocycles. The van der Waals surface area contributed by atoms with Crippen molar-refractivity contribution in [1.82, 2.24) is 14.9 Å². The van der Waals surface area contributed by atoms with Crippen LogP contribution in [0.2, 0.25) is 5.02 Å². The molecular weight excluding hydrogens is 384 g/mol. The van der Waals surface area contributed by atoms with Crippen molar-refractivity contribution in [1.29, 1.82) is 0 Å². The second kappa shape index (κ2) is 9.68. The molecule has 0 bridgehead atoms. The molecule has 0 unspecified atom stereocenters. The van der Waals surface area contributed by atoms with Crippen LogP contribution < -0.4 is 15.8 Å². The molecule has 0 saturated carbocycles. The van der Waals surface area contributed by atoms with E-state index in [-0.39, 0.29) is 31.2 Å². The number of nitrogens with one attached hydrogen (secondary N) is 1. The second-order valence-corrected chi connectivity index (χ2v) is 6.78. The molecule has 9 heteroatoms. The molecule has 0 atom stereocenters. The van der Waals surface area contributed by atoms with Crippen LogP contribution in [0.15, 0.2) is 35.1 Å². The summed E-state index contributed by atoms with van der Waals surface area (Å²) in [5.41, 5.74) is 1.05. The number of ether oxygens (including phenoxy) is 2. The van der Waals surface area contributed by atoms with E-state index in [0.29, 0.717) is 43.0 Å². The zero-order chi connectivity index (χ0) is 19.9. The molecule has 1 aliphatic heterocycles. The van der Waals surface area contributed by atoms with Gasteiger partial charge in [-0.05, 0) is 11.6 Å². The minimum atomic E-state index is -0.295. The second-order valence-electron chi connectivity index (χ2n) is 6.37. The first-order valence-corrected chi connectivity index (χ1v) is 9.39. The smallest absolute Gasteiger partial charge is 0.255 e. The summed E-state index contributed by atoms with van der Waals surface area (Å²) in [6, 6.07) is 8.69. The lowest BCUT2D eigenvalue weighted by Gasteiger charge is -2.29. The van der Waals surface area contributed by atoms with Gasteiger partial charge >= 0.3 is 0 Å². The van der Waals surface area contributed by atoms with Crippen LogP contribution in [0, 0.1) is 0 Å². The molecule has 28 heavy (non-hydrogen) atoms. The summed E-state index contributed by atoms with van der Waals surface area (Å²) < 4.78 is 11.9. The van der Waals surface area contributed by atoms with Gasteiger partial charge in [-0.2, -0.15) is 0 Å². The van der Waals surface area contributed by atoms with E-state index in [1.807, 2.05) is 23.1 Å². The van der Waals surface area contributed by atoms with Gasteiger partial charge in [-0.3, -0.25) is 14.2 Å². The Kier molecular flexibility index (Phi) is 7.02. The highest BCUT2D eigenvalue weighted by atomic mass is 35.5. The van der Waals surface area contributed by atoms with E-state index in [0.717, 1.165) is 5.56 Å². The number of amides is 1. The number of carbonyl (C=O) groups excluding carboxylic acids is 1. The molecule has 1 fully saturated rings. The lowest BCUT2D eigenvalue weighted by molar-refractivity contribution is -0.121. The van der Waals surface area contributed by atoms with Gasteiger partial charge in [0, 0.05) is 37.8 Å². The molecule has 8 nitrogen and oxygen atoms in total. The van der Waals surface area contributed by atoms with Gasteiger partial charge in [0.2, 0.25) is 11.9 Å². The minimum absolute atomic E-state index is 0.129. The minimum Gasteiger partial charge on any atom is -0.378 e. The zero-order valence-electron chi connectivity index (χ0n) is 15.7. The van der Waals surface area contributed by atoms with Crippen molar-refractivity contribution < 1.29 is 14.3 Å². The summed E-state index contributed by atoms with van der Waals surface area (Å²) in [6.45, 7) is 2.68. The van der Waals surface area contributed by atoms with Crippen molar-refractivity contribution in [2.45, 2.75) is 19.7 Å². The topological polar surface area (TPSA) is 85.7 Å². The molecule has 1 aromatic heterocycles. The van der Waals surface area contributed by atoms with Gasteiger partial charge in [-0.1, -0.05) is 29.8 Å². The van der Waals surface area contributed by atoms with Crippen LogP contribution in [0.4, 0.5) is 5.95 Å². The highest BCUT2D eigenvalue weighted by Crippen LogP contribution is 2.15. The molecule has 3 rings (SSSR count). The molecule has 150 valence electrons. The highest BCUT2D eigenvalue weighted by Gasteiger charge is 2.20. The van der Waals surface area contributed by atoms with Crippen LogP contribution in [0.3, 0.4) is 0 Å². The molecule has 1 aromatic carbocycles. The van der Waals surface area contributed by atoms with Gasteiger partial charge in [0.15, 0.2) is 0 Å². The van der Waals surface area contributed by atoms with E-state index in [9.17, 15) is 9.59 Å². The first kappa shape index (κ1) is 20.3. The van der Waals surface area contributed by atoms with Gasteiger partial charge in [-0.15, -0.1) is 0 Å². The van der Waals surface area contributed by atoms with Gasteiger partial charge in [-0.25, -0.2) is 4.98 Å². The maximum absolute atomic E-state index is 12.7. The molecule has 2 heterocycles. The summed E-state index contributed by atoms with van der Waals surface area (Å²) in [5.74, 6) is 0.161. The Labute approximate surface area is 168 Å². The molecule has 1 aliphatic rings. The third-order valence-corrected chi connectivity index (χ3v) is 4.73. The van der Waals surface area contributed by atoms with Crippen LogP contribution in [-0.2, 0) is 34.0 Å². The maximum Gasteiger partial charge on any atom is 0.255 e. The van der Waals surface area contributed by atoms with Crippen LogP contribution in [-0.4, -0.2) is 48.9 Å². The Morgan fingerprint density at radius 3 is 2.79 bits per heavy atom. The number of nitrogens with zero attached hydrogens (tertiary/aromatic N) is 3. The third-order valence-electron chi connectivity index (χ3n) is 4.36. The third kappa shape index (κ3) is 5.09. The Morgan fingerprint density at radius 2 is 2.07 bits per heavy atom. The van der Waals surface area contributed by atoms with Crippen LogP contribution >= 0.6 is 11.6 Å². The Bertz CT molecular complexity index is 880. The Morgan fingerprint density at radius 1 is 1.32 bits per heavy atom. The fraction of sp³-hybridized carbons (Fsp3) is 0.421. The van der Waals surface area contributed by atoms with Crippen molar-refractivity contribution in [3.8, 4) is 0 Å². The number of methoxy groups -OCH3 is 1. The molecular formula is C19H23ClN4O4. The van der Waals surface area contributed by atoms with Crippen molar-refractivity contribution in [2.75, 3.05) is 38.3 Å². The molecule has 0 spiro atoms. The number of benzene rings is 1. The maximum atomic E-state index is 12.7. The average molecular weight is 407 g/mol. The van der Waals surface area contributed by atoms with Crippen LogP contribution in [0.1, 0.15) is 11.3 Å². The lowest BCUT2D eigenvalue weighted by atomic mass is 10.2. The van der Waals surface area contributed by atoms with Crippen molar-refractivity contribution in [3.63, 3.8) is 0 Å². The van der Waals surface area contributed by atoms with E-state index in [2.05, 4.69) is 10.3 Å². The van der Waals surface area contributed by atoms with Gasteiger partial charge < -0.3 is 19.7 Å². The monoisotopic (exact) mass is 406 g/mol.